The Balaban J connectivity index is 2.05. The van der Waals surface area contributed by atoms with E-state index < -0.39 is 17.9 Å². The number of benzene rings is 2. The van der Waals surface area contributed by atoms with Crippen LogP contribution in [0.15, 0.2) is 54.6 Å². The van der Waals surface area contributed by atoms with Crippen LogP contribution in [0.1, 0.15) is 20.7 Å². The molecule has 2 aromatic carbocycles. The van der Waals surface area contributed by atoms with Crippen molar-refractivity contribution in [1.82, 2.24) is 5.32 Å². The van der Waals surface area contributed by atoms with Gasteiger partial charge in [0.1, 0.15) is 0 Å². The van der Waals surface area contributed by atoms with Gasteiger partial charge in [-0.25, -0.2) is 0 Å². The number of aliphatic hydroxyl groups excluding tert-OH is 1. The maximum Gasteiger partial charge on any atom is 0.253 e. The molecule has 0 aliphatic carbocycles. The third-order valence-electron chi connectivity index (χ3n) is 2.68. The van der Waals surface area contributed by atoms with Crippen LogP contribution in [0, 0.1) is 0 Å². The molecule has 102 valence electrons. The van der Waals surface area contributed by atoms with Gasteiger partial charge in [-0.15, -0.1) is 0 Å². The highest BCUT2D eigenvalue weighted by atomic mass is 35.5. The van der Waals surface area contributed by atoms with E-state index in [4.69, 9.17) is 11.6 Å². The van der Waals surface area contributed by atoms with E-state index in [1.807, 2.05) is 0 Å². The molecule has 0 spiro atoms. The van der Waals surface area contributed by atoms with Gasteiger partial charge >= 0.3 is 0 Å². The molecule has 20 heavy (non-hydrogen) atoms. The van der Waals surface area contributed by atoms with Crippen molar-refractivity contribution in [2.24, 2.45) is 0 Å². The number of carbonyl (C=O) groups excluding carboxylic acids is 2. The van der Waals surface area contributed by atoms with E-state index >= 15 is 0 Å². The molecule has 2 aromatic rings. The average Bonchev–Trinajstić information content (AvgIpc) is 2.48. The van der Waals surface area contributed by atoms with E-state index in [2.05, 4.69) is 5.32 Å². The molecule has 4 nitrogen and oxygen atoms in total. The van der Waals surface area contributed by atoms with Gasteiger partial charge in [-0.05, 0) is 36.4 Å². The van der Waals surface area contributed by atoms with Crippen molar-refractivity contribution in [2.75, 3.05) is 0 Å². The number of aliphatic hydroxyl groups is 1. The summed E-state index contributed by atoms with van der Waals surface area (Å²) in [6.45, 7) is 0. The molecule has 0 heterocycles. The summed E-state index contributed by atoms with van der Waals surface area (Å²) in [5, 5.41) is 12.5. The Bertz CT molecular complexity index is 611. The molecule has 1 amide bonds. The molecule has 0 aliphatic heterocycles. The monoisotopic (exact) mass is 289 g/mol. The molecule has 0 saturated carbocycles. The quantitative estimate of drug-likeness (QED) is 0.670. The summed E-state index contributed by atoms with van der Waals surface area (Å²) in [5.41, 5.74) is 0.644. The molecule has 0 bridgehead atoms. The largest absolute Gasteiger partial charge is 0.367 e. The number of hydrogen-bond donors (Lipinski definition) is 2. The number of ketones is 1. The van der Waals surface area contributed by atoms with E-state index in [0.717, 1.165) is 0 Å². The van der Waals surface area contributed by atoms with Gasteiger partial charge in [-0.3, -0.25) is 9.59 Å². The third-order valence-corrected chi connectivity index (χ3v) is 2.93. The number of halogens is 1. The Hall–Kier alpha value is -2.17. The van der Waals surface area contributed by atoms with Crippen LogP contribution in [0.3, 0.4) is 0 Å². The summed E-state index contributed by atoms with van der Waals surface area (Å²) < 4.78 is 0. The average molecular weight is 290 g/mol. The molecular weight excluding hydrogens is 278 g/mol. The van der Waals surface area contributed by atoms with Gasteiger partial charge in [-0.1, -0.05) is 29.8 Å². The zero-order valence-electron chi connectivity index (χ0n) is 10.4. The van der Waals surface area contributed by atoms with Gasteiger partial charge in [0, 0.05) is 16.1 Å². The van der Waals surface area contributed by atoms with Crippen LogP contribution in [0.4, 0.5) is 0 Å². The third kappa shape index (κ3) is 3.44. The summed E-state index contributed by atoms with van der Waals surface area (Å²) in [6, 6.07) is 14.4. The van der Waals surface area contributed by atoms with E-state index in [-0.39, 0.29) is 5.56 Å². The Labute approximate surface area is 121 Å². The van der Waals surface area contributed by atoms with Crippen LogP contribution >= 0.6 is 11.6 Å². The number of carbonyl (C=O) groups is 2. The van der Waals surface area contributed by atoms with Crippen molar-refractivity contribution >= 4 is 23.3 Å². The molecule has 0 saturated heterocycles. The predicted molar refractivity (Wildman–Crippen MR) is 75.7 cm³/mol. The predicted octanol–water partition coefficient (Wildman–Crippen LogP) is 2.27. The number of Topliss-reactive ketones (excluding diaryl/α,β-unsaturated/α-hetero) is 1. The highest BCUT2D eigenvalue weighted by Crippen LogP contribution is 2.11. The molecule has 0 aliphatic rings. The first kappa shape index (κ1) is 14.2. The van der Waals surface area contributed by atoms with Gasteiger partial charge < -0.3 is 10.4 Å². The Morgan fingerprint density at radius 2 is 1.55 bits per heavy atom. The van der Waals surface area contributed by atoms with Crippen molar-refractivity contribution in [1.29, 1.82) is 0 Å². The highest BCUT2D eigenvalue weighted by Gasteiger charge is 2.19. The topological polar surface area (TPSA) is 66.4 Å². The van der Waals surface area contributed by atoms with Gasteiger partial charge in [-0.2, -0.15) is 0 Å². The number of amides is 1. The zero-order chi connectivity index (χ0) is 14.5. The normalized spacial score (nSPS) is 11.7. The van der Waals surface area contributed by atoms with Crippen molar-refractivity contribution in [3.8, 4) is 0 Å². The lowest BCUT2D eigenvalue weighted by atomic mass is 10.1. The zero-order valence-corrected chi connectivity index (χ0v) is 11.2. The molecule has 5 heteroatoms. The second kappa shape index (κ2) is 6.32. The SMILES string of the molecule is O=C(N[C@H](O)C(=O)c1ccc(Cl)cc1)c1ccccc1. The van der Waals surface area contributed by atoms with Gasteiger partial charge in [0.15, 0.2) is 6.23 Å². The fourth-order valence-electron chi connectivity index (χ4n) is 1.63. The van der Waals surface area contributed by atoms with Crippen LogP contribution in [0.5, 0.6) is 0 Å². The molecule has 0 radical (unpaired) electrons. The van der Waals surface area contributed by atoms with Crippen molar-refractivity contribution in [2.45, 2.75) is 6.23 Å². The summed E-state index contributed by atoms with van der Waals surface area (Å²) in [4.78, 5) is 23.7. The van der Waals surface area contributed by atoms with Gasteiger partial charge in [0.05, 0.1) is 0 Å². The molecular formula is C15H12ClNO3. The van der Waals surface area contributed by atoms with Crippen molar-refractivity contribution in [3.63, 3.8) is 0 Å². The molecule has 0 aromatic heterocycles. The minimum atomic E-state index is -1.59. The van der Waals surface area contributed by atoms with E-state index in [9.17, 15) is 14.7 Å². The lowest BCUT2D eigenvalue weighted by Gasteiger charge is -2.12. The van der Waals surface area contributed by atoms with Crippen LogP contribution in [0.2, 0.25) is 5.02 Å². The number of hydrogen-bond acceptors (Lipinski definition) is 3. The summed E-state index contributed by atoms with van der Waals surface area (Å²) in [6.07, 6.45) is -1.59. The van der Waals surface area contributed by atoms with Gasteiger partial charge in [0.25, 0.3) is 5.91 Å². The Morgan fingerprint density at radius 1 is 0.950 bits per heavy atom. The minimum Gasteiger partial charge on any atom is -0.367 e. The molecule has 2 N–H and O–H groups in total. The number of nitrogens with one attached hydrogen (secondary N) is 1. The second-order valence-corrected chi connectivity index (χ2v) is 4.55. The van der Waals surface area contributed by atoms with E-state index in [1.54, 1.807) is 42.5 Å². The first-order valence-corrected chi connectivity index (χ1v) is 6.29. The fourth-order valence-corrected chi connectivity index (χ4v) is 1.76. The Morgan fingerprint density at radius 3 is 2.15 bits per heavy atom. The van der Waals surface area contributed by atoms with Crippen molar-refractivity contribution in [3.05, 3.63) is 70.7 Å². The first-order valence-electron chi connectivity index (χ1n) is 5.91. The smallest absolute Gasteiger partial charge is 0.253 e. The Kier molecular flexibility index (Phi) is 4.50. The lowest BCUT2D eigenvalue weighted by Crippen LogP contribution is -2.40. The first-order chi connectivity index (χ1) is 9.58. The van der Waals surface area contributed by atoms with Crippen LogP contribution in [-0.4, -0.2) is 23.0 Å². The summed E-state index contributed by atoms with van der Waals surface area (Å²) in [7, 11) is 0. The lowest BCUT2D eigenvalue weighted by molar-refractivity contribution is 0.0607. The molecule has 1 atom stereocenters. The standard InChI is InChI=1S/C15H12ClNO3/c16-12-8-6-10(7-9-12)13(18)15(20)17-14(19)11-4-2-1-3-5-11/h1-9,15,20H,(H,17,19)/t15-/m1/s1. The molecule has 2 rings (SSSR count). The maximum atomic E-state index is 11.9. The number of rotatable bonds is 4. The highest BCUT2D eigenvalue weighted by molar-refractivity contribution is 6.30. The summed E-state index contributed by atoms with van der Waals surface area (Å²) in [5.74, 6) is -1.11. The van der Waals surface area contributed by atoms with Gasteiger partial charge in [0.2, 0.25) is 5.78 Å². The fraction of sp³-hybridized carbons (Fsp3) is 0.0667. The molecule has 0 unspecified atom stereocenters. The summed E-state index contributed by atoms with van der Waals surface area (Å²) >= 11 is 5.72. The van der Waals surface area contributed by atoms with Crippen LogP contribution in [0.25, 0.3) is 0 Å². The van der Waals surface area contributed by atoms with Crippen LogP contribution < -0.4 is 5.32 Å². The second-order valence-electron chi connectivity index (χ2n) is 4.11. The van der Waals surface area contributed by atoms with E-state index in [1.165, 1.54) is 12.1 Å². The van der Waals surface area contributed by atoms with Crippen LogP contribution in [-0.2, 0) is 0 Å². The van der Waals surface area contributed by atoms with Crippen molar-refractivity contribution < 1.29 is 14.7 Å². The maximum absolute atomic E-state index is 11.9. The minimum absolute atomic E-state index is 0.273. The van der Waals surface area contributed by atoms with E-state index in [0.29, 0.717) is 10.6 Å². The molecule has 0 fully saturated rings.